The molecule has 0 saturated heterocycles. The van der Waals surface area contributed by atoms with Crippen molar-refractivity contribution in [2.45, 2.75) is 23.6 Å². The molecule has 0 radical (unpaired) electrons. The van der Waals surface area contributed by atoms with Gasteiger partial charge in [-0.3, -0.25) is 9.10 Å². The number of rotatable bonds is 10. The van der Waals surface area contributed by atoms with Crippen molar-refractivity contribution in [2.75, 3.05) is 36.1 Å². The maximum Gasteiger partial charge on any atom is 0.268 e. The van der Waals surface area contributed by atoms with E-state index < -0.39 is 22.5 Å². The fourth-order valence-electron chi connectivity index (χ4n) is 3.36. The second-order valence-electron chi connectivity index (χ2n) is 7.34. The molecule has 3 rings (SSSR count). The standard InChI is InChI=1S/C25H28N2O5S2/c1-5-32-20-13-11-19(12-14-20)27(17-25(28)26-21-8-6-7-9-23(21)33-4)34(29,30)24-16-18(2)10-15-22(24)31-3/h6-16H,5,17H2,1-4H3,(H,26,28). The SMILES string of the molecule is CCOc1ccc(N(CC(=O)Nc2ccccc2SC)S(=O)(=O)c2cc(C)ccc2OC)cc1. The molecule has 0 bridgehead atoms. The molecule has 0 spiro atoms. The van der Waals surface area contributed by atoms with E-state index in [9.17, 15) is 13.2 Å². The lowest BCUT2D eigenvalue weighted by Gasteiger charge is -2.25. The zero-order valence-corrected chi connectivity index (χ0v) is 21.2. The third kappa shape index (κ3) is 5.84. The highest BCUT2D eigenvalue weighted by atomic mass is 32.2. The maximum absolute atomic E-state index is 13.8. The second-order valence-corrected chi connectivity index (χ2v) is 10.0. The van der Waals surface area contributed by atoms with E-state index in [0.29, 0.717) is 23.7 Å². The van der Waals surface area contributed by atoms with Crippen LogP contribution in [-0.2, 0) is 14.8 Å². The number of carbonyl (C=O) groups is 1. The van der Waals surface area contributed by atoms with E-state index in [1.165, 1.54) is 24.9 Å². The van der Waals surface area contributed by atoms with Crippen LogP contribution in [0.5, 0.6) is 11.5 Å². The van der Waals surface area contributed by atoms with Crippen molar-refractivity contribution in [3.8, 4) is 11.5 Å². The van der Waals surface area contributed by atoms with Crippen LogP contribution >= 0.6 is 11.8 Å². The Balaban J connectivity index is 2.02. The Morgan fingerprint density at radius 2 is 1.76 bits per heavy atom. The van der Waals surface area contributed by atoms with Gasteiger partial charge in [-0.05, 0) is 74.2 Å². The predicted molar refractivity (Wildman–Crippen MR) is 137 cm³/mol. The van der Waals surface area contributed by atoms with Gasteiger partial charge in [-0.15, -0.1) is 11.8 Å². The number of carbonyl (C=O) groups excluding carboxylic acids is 1. The summed E-state index contributed by atoms with van der Waals surface area (Å²) >= 11 is 1.49. The summed E-state index contributed by atoms with van der Waals surface area (Å²) in [5.74, 6) is 0.343. The van der Waals surface area contributed by atoms with Gasteiger partial charge in [0.2, 0.25) is 5.91 Å². The summed E-state index contributed by atoms with van der Waals surface area (Å²) in [6.07, 6.45) is 1.91. The number of anilines is 2. The van der Waals surface area contributed by atoms with Crippen LogP contribution in [0.15, 0.2) is 76.5 Å². The number of thioether (sulfide) groups is 1. The Bertz CT molecular complexity index is 1240. The predicted octanol–water partition coefficient (Wildman–Crippen LogP) is 4.96. The van der Waals surface area contributed by atoms with Crippen LogP contribution in [0.1, 0.15) is 12.5 Å². The topological polar surface area (TPSA) is 84.9 Å². The number of amides is 1. The second kappa shape index (κ2) is 11.3. The van der Waals surface area contributed by atoms with Crippen molar-refractivity contribution in [3.05, 3.63) is 72.3 Å². The molecule has 7 nitrogen and oxygen atoms in total. The van der Waals surface area contributed by atoms with E-state index in [2.05, 4.69) is 5.32 Å². The van der Waals surface area contributed by atoms with Gasteiger partial charge < -0.3 is 14.8 Å². The minimum Gasteiger partial charge on any atom is -0.495 e. The Morgan fingerprint density at radius 1 is 1.06 bits per heavy atom. The van der Waals surface area contributed by atoms with Crippen LogP contribution in [0.4, 0.5) is 11.4 Å². The fourth-order valence-corrected chi connectivity index (χ4v) is 5.58. The highest BCUT2D eigenvalue weighted by molar-refractivity contribution is 7.98. The number of ether oxygens (including phenoxy) is 2. The third-order valence-electron chi connectivity index (χ3n) is 4.99. The van der Waals surface area contributed by atoms with Crippen molar-refractivity contribution in [1.82, 2.24) is 0 Å². The molecule has 0 aromatic heterocycles. The van der Waals surface area contributed by atoms with Gasteiger partial charge in [0.05, 0.1) is 25.1 Å². The molecule has 0 fully saturated rings. The number of nitrogens with zero attached hydrogens (tertiary/aromatic N) is 1. The number of methoxy groups -OCH3 is 1. The lowest BCUT2D eigenvalue weighted by molar-refractivity contribution is -0.114. The van der Waals surface area contributed by atoms with Gasteiger partial charge >= 0.3 is 0 Å². The number of sulfonamides is 1. The van der Waals surface area contributed by atoms with Gasteiger partial charge in [0.1, 0.15) is 22.9 Å². The number of benzene rings is 3. The van der Waals surface area contributed by atoms with E-state index in [-0.39, 0.29) is 10.6 Å². The van der Waals surface area contributed by atoms with Crippen LogP contribution in [0.3, 0.4) is 0 Å². The summed E-state index contributed by atoms with van der Waals surface area (Å²) in [7, 11) is -2.73. The first kappa shape index (κ1) is 25.5. The lowest BCUT2D eigenvalue weighted by Crippen LogP contribution is -2.38. The van der Waals surface area contributed by atoms with Crippen molar-refractivity contribution < 1.29 is 22.7 Å². The van der Waals surface area contributed by atoms with Crippen LogP contribution in [0.25, 0.3) is 0 Å². The third-order valence-corrected chi connectivity index (χ3v) is 7.58. The molecule has 0 atom stereocenters. The molecule has 3 aromatic carbocycles. The highest BCUT2D eigenvalue weighted by Gasteiger charge is 2.30. The summed E-state index contributed by atoms with van der Waals surface area (Å²) in [4.78, 5) is 13.9. The van der Waals surface area contributed by atoms with Crippen molar-refractivity contribution in [3.63, 3.8) is 0 Å². The monoisotopic (exact) mass is 500 g/mol. The van der Waals surface area contributed by atoms with Crippen LogP contribution in [0, 0.1) is 6.92 Å². The largest absolute Gasteiger partial charge is 0.495 e. The Labute approximate surface area is 205 Å². The average Bonchev–Trinajstić information content (AvgIpc) is 2.83. The van der Waals surface area contributed by atoms with Crippen molar-refractivity contribution >= 4 is 39.1 Å². The molecule has 0 unspecified atom stereocenters. The van der Waals surface area contributed by atoms with E-state index >= 15 is 0 Å². The molecule has 1 N–H and O–H groups in total. The molecule has 180 valence electrons. The van der Waals surface area contributed by atoms with E-state index in [4.69, 9.17) is 9.47 Å². The number of hydrogen-bond acceptors (Lipinski definition) is 6. The molecule has 3 aromatic rings. The summed E-state index contributed by atoms with van der Waals surface area (Å²) in [5.41, 5.74) is 1.71. The molecule has 1 amide bonds. The lowest BCUT2D eigenvalue weighted by atomic mass is 10.2. The quantitative estimate of drug-likeness (QED) is 0.396. The van der Waals surface area contributed by atoms with Gasteiger partial charge in [-0.25, -0.2) is 8.42 Å². The molecule has 9 heteroatoms. The normalized spacial score (nSPS) is 11.1. The number of nitrogens with one attached hydrogen (secondary N) is 1. The summed E-state index contributed by atoms with van der Waals surface area (Å²) < 4.78 is 39.5. The zero-order chi connectivity index (χ0) is 24.7. The molecule has 0 aliphatic carbocycles. The maximum atomic E-state index is 13.8. The first-order chi connectivity index (χ1) is 16.3. The molecule has 0 aliphatic rings. The molecular weight excluding hydrogens is 472 g/mol. The Hall–Kier alpha value is -3.17. The number of hydrogen-bond donors (Lipinski definition) is 1. The summed E-state index contributed by atoms with van der Waals surface area (Å²) in [5, 5.41) is 2.84. The molecule has 34 heavy (non-hydrogen) atoms. The average molecular weight is 501 g/mol. The van der Waals surface area contributed by atoms with Crippen LogP contribution < -0.4 is 19.1 Å². The molecule has 0 heterocycles. The minimum atomic E-state index is -4.15. The number of aryl methyl sites for hydroxylation is 1. The van der Waals surface area contributed by atoms with Crippen LogP contribution in [0.2, 0.25) is 0 Å². The van der Waals surface area contributed by atoms with E-state index in [1.54, 1.807) is 49.4 Å². The van der Waals surface area contributed by atoms with Crippen molar-refractivity contribution in [2.24, 2.45) is 0 Å². The first-order valence-corrected chi connectivity index (χ1v) is 13.3. The molecule has 0 saturated carbocycles. The summed E-state index contributed by atoms with van der Waals surface area (Å²) in [6, 6.07) is 18.9. The summed E-state index contributed by atoms with van der Waals surface area (Å²) in [6.45, 7) is 3.73. The first-order valence-electron chi connectivity index (χ1n) is 10.6. The Morgan fingerprint density at radius 3 is 2.41 bits per heavy atom. The van der Waals surface area contributed by atoms with Crippen LogP contribution in [-0.4, -0.2) is 40.8 Å². The van der Waals surface area contributed by atoms with Gasteiger partial charge in [0.15, 0.2) is 0 Å². The fraction of sp³-hybridized carbons (Fsp3) is 0.240. The van der Waals surface area contributed by atoms with E-state index in [1.807, 2.05) is 31.4 Å². The van der Waals surface area contributed by atoms with Gasteiger partial charge in [-0.2, -0.15) is 0 Å². The number of para-hydroxylation sites is 1. The van der Waals surface area contributed by atoms with Gasteiger partial charge in [0.25, 0.3) is 10.0 Å². The highest BCUT2D eigenvalue weighted by Crippen LogP contribution is 2.32. The van der Waals surface area contributed by atoms with E-state index in [0.717, 1.165) is 14.8 Å². The smallest absolute Gasteiger partial charge is 0.268 e. The van der Waals surface area contributed by atoms with Gasteiger partial charge in [0, 0.05) is 4.90 Å². The Kier molecular flexibility index (Phi) is 8.46. The van der Waals surface area contributed by atoms with Gasteiger partial charge in [-0.1, -0.05) is 18.2 Å². The molecule has 0 aliphatic heterocycles. The molecular formula is C25H28N2O5S2. The van der Waals surface area contributed by atoms with Crippen molar-refractivity contribution in [1.29, 1.82) is 0 Å². The minimum absolute atomic E-state index is 0.0128. The zero-order valence-electron chi connectivity index (χ0n) is 19.6.